The third-order valence-electron chi connectivity index (χ3n) is 6.76. The zero-order valence-electron chi connectivity index (χ0n) is 17.1. The first-order chi connectivity index (χ1) is 15.2. The Hall–Kier alpha value is -3.10. The average molecular weight is 416 g/mol. The summed E-state index contributed by atoms with van der Waals surface area (Å²) in [4.78, 5) is 11.0. The number of para-hydroxylation sites is 2. The molecule has 1 aliphatic carbocycles. The normalized spacial score (nSPS) is 26.4. The quantitative estimate of drug-likeness (QED) is 0.547. The summed E-state index contributed by atoms with van der Waals surface area (Å²) in [5.41, 5.74) is 2.90. The second-order valence-electron chi connectivity index (χ2n) is 8.70. The summed E-state index contributed by atoms with van der Waals surface area (Å²) in [6.45, 7) is 2.56. The number of aliphatic hydroxyl groups excluding tert-OH is 1. The summed E-state index contributed by atoms with van der Waals surface area (Å²) in [5, 5.41) is 19.3. The van der Waals surface area contributed by atoms with Crippen molar-refractivity contribution in [1.29, 1.82) is 0 Å². The molecule has 6 rings (SSSR count). The van der Waals surface area contributed by atoms with Crippen LogP contribution in [-0.4, -0.2) is 53.9 Å². The van der Waals surface area contributed by atoms with Gasteiger partial charge in [-0.3, -0.25) is 9.88 Å². The van der Waals surface area contributed by atoms with Crippen LogP contribution in [-0.2, 0) is 6.54 Å². The standard InChI is InChI=1S/C23H24N6O2/c30-21-9-17-12-28(13-22-26-27-23(31-22)15-4-3-7-24-10-15)11-16(17)8-20(21)29-14-25-18-5-1-2-6-19(18)29/h1-7,10,14,16-17,20-21,30H,8-9,11-13H2/t16-,17+,20-,21-/m1/s1. The molecule has 0 bridgehead atoms. The minimum Gasteiger partial charge on any atom is -0.419 e. The number of pyridine rings is 1. The molecule has 2 aliphatic rings. The van der Waals surface area contributed by atoms with Gasteiger partial charge in [0.2, 0.25) is 11.8 Å². The van der Waals surface area contributed by atoms with Crippen LogP contribution in [0.3, 0.4) is 0 Å². The van der Waals surface area contributed by atoms with Crippen molar-refractivity contribution in [3.63, 3.8) is 0 Å². The Morgan fingerprint density at radius 2 is 1.90 bits per heavy atom. The monoisotopic (exact) mass is 416 g/mol. The van der Waals surface area contributed by atoms with Crippen molar-refractivity contribution in [2.45, 2.75) is 31.5 Å². The van der Waals surface area contributed by atoms with Crippen molar-refractivity contribution in [2.75, 3.05) is 13.1 Å². The van der Waals surface area contributed by atoms with E-state index in [-0.39, 0.29) is 12.1 Å². The molecule has 1 aliphatic heterocycles. The number of aromatic nitrogens is 5. The van der Waals surface area contributed by atoms with E-state index in [0.29, 0.717) is 30.2 Å². The summed E-state index contributed by atoms with van der Waals surface area (Å²) < 4.78 is 8.03. The summed E-state index contributed by atoms with van der Waals surface area (Å²) >= 11 is 0. The van der Waals surface area contributed by atoms with Gasteiger partial charge in [0.15, 0.2) is 0 Å². The molecule has 4 heterocycles. The number of aliphatic hydroxyl groups is 1. The summed E-state index contributed by atoms with van der Waals surface area (Å²) in [7, 11) is 0. The molecule has 8 nitrogen and oxygen atoms in total. The van der Waals surface area contributed by atoms with Crippen LogP contribution in [0.5, 0.6) is 0 Å². The van der Waals surface area contributed by atoms with Crippen LogP contribution >= 0.6 is 0 Å². The Labute approximate surface area is 179 Å². The van der Waals surface area contributed by atoms with E-state index < -0.39 is 0 Å². The third-order valence-corrected chi connectivity index (χ3v) is 6.76. The first-order valence-electron chi connectivity index (χ1n) is 10.8. The second kappa shape index (κ2) is 7.55. The van der Waals surface area contributed by atoms with Gasteiger partial charge in [-0.25, -0.2) is 4.98 Å². The van der Waals surface area contributed by atoms with E-state index in [1.54, 1.807) is 12.4 Å². The molecular formula is C23H24N6O2. The van der Waals surface area contributed by atoms with Crippen LogP contribution in [0.2, 0.25) is 0 Å². The first kappa shape index (κ1) is 18.7. The van der Waals surface area contributed by atoms with Gasteiger partial charge in [-0.2, -0.15) is 0 Å². The first-order valence-corrected chi connectivity index (χ1v) is 10.8. The topological polar surface area (TPSA) is 93.1 Å². The highest BCUT2D eigenvalue weighted by atomic mass is 16.4. The molecular weight excluding hydrogens is 392 g/mol. The molecule has 1 saturated heterocycles. The van der Waals surface area contributed by atoms with Crippen molar-refractivity contribution >= 4 is 11.0 Å². The maximum absolute atomic E-state index is 10.9. The van der Waals surface area contributed by atoms with Crippen LogP contribution in [0.25, 0.3) is 22.5 Å². The third kappa shape index (κ3) is 3.41. The Balaban J connectivity index is 1.16. The Kier molecular flexibility index (Phi) is 4.54. The molecule has 0 unspecified atom stereocenters. The molecule has 0 radical (unpaired) electrons. The highest BCUT2D eigenvalue weighted by molar-refractivity contribution is 5.75. The van der Waals surface area contributed by atoms with Crippen LogP contribution in [0.1, 0.15) is 24.8 Å². The lowest BCUT2D eigenvalue weighted by Gasteiger charge is -2.36. The van der Waals surface area contributed by atoms with E-state index in [2.05, 4.69) is 35.7 Å². The van der Waals surface area contributed by atoms with Gasteiger partial charge in [0.25, 0.3) is 0 Å². The molecule has 8 heteroatoms. The van der Waals surface area contributed by atoms with Gasteiger partial charge in [0.1, 0.15) is 0 Å². The molecule has 0 spiro atoms. The maximum atomic E-state index is 10.9. The predicted octanol–water partition coefficient (Wildman–Crippen LogP) is 2.93. The van der Waals surface area contributed by atoms with Crippen molar-refractivity contribution in [1.82, 2.24) is 29.6 Å². The molecule has 31 heavy (non-hydrogen) atoms. The van der Waals surface area contributed by atoms with Crippen molar-refractivity contribution in [3.8, 4) is 11.5 Å². The van der Waals surface area contributed by atoms with E-state index in [1.807, 2.05) is 36.7 Å². The SMILES string of the molecule is O[C@@H]1C[C@H]2CN(Cc3nnc(-c4cccnc4)o3)C[C@H]2C[C@H]1n1cnc2ccccc21. The van der Waals surface area contributed by atoms with E-state index in [0.717, 1.165) is 42.5 Å². The molecule has 0 amide bonds. The van der Waals surface area contributed by atoms with E-state index >= 15 is 0 Å². The molecule has 1 N–H and O–H groups in total. The number of hydrogen-bond donors (Lipinski definition) is 1. The molecule has 4 atom stereocenters. The van der Waals surface area contributed by atoms with Crippen molar-refractivity contribution < 1.29 is 9.52 Å². The second-order valence-corrected chi connectivity index (χ2v) is 8.70. The molecule has 3 aromatic heterocycles. The fourth-order valence-corrected chi connectivity index (χ4v) is 5.29. The zero-order chi connectivity index (χ0) is 20.8. The minimum absolute atomic E-state index is 0.0641. The van der Waals surface area contributed by atoms with Gasteiger partial charge < -0.3 is 14.1 Å². The maximum Gasteiger partial charge on any atom is 0.249 e. The zero-order valence-corrected chi connectivity index (χ0v) is 17.1. The highest BCUT2D eigenvalue weighted by Gasteiger charge is 2.42. The minimum atomic E-state index is -0.362. The van der Waals surface area contributed by atoms with E-state index in [4.69, 9.17) is 4.42 Å². The van der Waals surface area contributed by atoms with Gasteiger partial charge in [-0.15, -0.1) is 10.2 Å². The lowest BCUT2D eigenvalue weighted by molar-refractivity contribution is 0.0374. The highest BCUT2D eigenvalue weighted by Crippen LogP contribution is 2.42. The molecule has 4 aromatic rings. The smallest absolute Gasteiger partial charge is 0.249 e. The number of fused-ring (bicyclic) bond motifs is 2. The van der Waals surface area contributed by atoms with Crippen LogP contribution < -0.4 is 0 Å². The number of likely N-dealkylation sites (tertiary alicyclic amines) is 1. The molecule has 158 valence electrons. The van der Waals surface area contributed by atoms with Crippen molar-refractivity contribution in [2.24, 2.45) is 11.8 Å². The number of benzene rings is 1. The predicted molar refractivity (Wildman–Crippen MR) is 114 cm³/mol. The Bertz CT molecular complexity index is 1190. The van der Waals surface area contributed by atoms with Crippen LogP contribution in [0.15, 0.2) is 59.5 Å². The molecule has 1 aromatic carbocycles. The van der Waals surface area contributed by atoms with Gasteiger partial charge in [-0.1, -0.05) is 12.1 Å². The fraction of sp³-hybridized carbons (Fsp3) is 0.391. The Morgan fingerprint density at radius 1 is 1.03 bits per heavy atom. The van der Waals surface area contributed by atoms with Gasteiger partial charge >= 0.3 is 0 Å². The average Bonchev–Trinajstić information content (AvgIpc) is 3.52. The number of imidazole rings is 1. The fourth-order valence-electron chi connectivity index (χ4n) is 5.29. The van der Waals surface area contributed by atoms with E-state index in [9.17, 15) is 5.11 Å². The number of hydrogen-bond acceptors (Lipinski definition) is 7. The van der Waals surface area contributed by atoms with Gasteiger partial charge in [0, 0.05) is 25.5 Å². The van der Waals surface area contributed by atoms with E-state index in [1.165, 1.54) is 0 Å². The summed E-state index contributed by atoms with van der Waals surface area (Å²) in [5.74, 6) is 2.15. The van der Waals surface area contributed by atoms with Crippen LogP contribution in [0.4, 0.5) is 0 Å². The van der Waals surface area contributed by atoms with Crippen LogP contribution in [0, 0.1) is 11.8 Å². The number of rotatable bonds is 4. The molecule has 1 saturated carbocycles. The largest absolute Gasteiger partial charge is 0.419 e. The van der Waals surface area contributed by atoms with Gasteiger partial charge in [0.05, 0.1) is 41.6 Å². The molecule has 2 fully saturated rings. The van der Waals surface area contributed by atoms with Gasteiger partial charge in [-0.05, 0) is 48.9 Å². The summed E-state index contributed by atoms with van der Waals surface area (Å²) in [6.07, 6.45) is 6.73. The van der Waals surface area contributed by atoms with Crippen molar-refractivity contribution in [3.05, 3.63) is 61.0 Å². The summed E-state index contributed by atoms with van der Waals surface area (Å²) in [6, 6.07) is 12.0. The Morgan fingerprint density at radius 3 is 2.77 bits per heavy atom. The number of nitrogens with zero attached hydrogens (tertiary/aromatic N) is 6. The lowest BCUT2D eigenvalue weighted by Crippen LogP contribution is -2.36. The lowest BCUT2D eigenvalue weighted by atomic mass is 9.77.